The number of carbonyl (C=O) groups excluding carboxylic acids is 1. The van der Waals surface area contributed by atoms with Crippen LogP contribution < -0.4 is 5.32 Å². The Bertz CT molecular complexity index is 1370. The van der Waals surface area contributed by atoms with Crippen LogP contribution in [-0.2, 0) is 23.0 Å². The SMILES string of the molecule is Cc1ccc(Nc2cccc3c2CCN(S(C)(=O)=O)C3)cc1-c1ccc(C(=O)N(CCO)CCO)cc1. The molecule has 0 unspecified atom stereocenters. The van der Waals surface area contributed by atoms with Crippen LogP contribution in [0.2, 0.25) is 0 Å². The second-order valence-corrected chi connectivity index (χ2v) is 11.2. The molecule has 1 aliphatic heterocycles. The lowest BCUT2D eigenvalue weighted by Gasteiger charge is -2.28. The molecule has 0 saturated carbocycles. The summed E-state index contributed by atoms with van der Waals surface area (Å²) in [6, 6.07) is 19.4. The standard InChI is InChI=1S/C28H33N3O5S/c1-20-6-11-24(29-27-5-3-4-23-19-31(37(2,35)36)13-12-25(23)27)18-26(20)21-7-9-22(10-8-21)28(34)30(14-16-32)15-17-33/h3-11,18,29,32-33H,12-17,19H2,1-2H3. The maximum Gasteiger partial charge on any atom is 0.254 e. The number of anilines is 2. The molecule has 1 amide bonds. The lowest BCUT2D eigenvalue weighted by atomic mass is 9.97. The fraction of sp³-hybridized carbons (Fsp3) is 0.321. The van der Waals surface area contributed by atoms with E-state index in [-0.39, 0.29) is 32.2 Å². The number of hydrogen-bond acceptors (Lipinski definition) is 6. The molecule has 1 heterocycles. The summed E-state index contributed by atoms with van der Waals surface area (Å²) >= 11 is 0. The van der Waals surface area contributed by atoms with E-state index in [9.17, 15) is 23.4 Å². The highest BCUT2D eigenvalue weighted by Crippen LogP contribution is 2.32. The molecule has 0 spiro atoms. The van der Waals surface area contributed by atoms with Gasteiger partial charge in [0.25, 0.3) is 5.91 Å². The highest BCUT2D eigenvalue weighted by molar-refractivity contribution is 7.88. The molecule has 0 aromatic heterocycles. The molecule has 0 bridgehead atoms. The van der Waals surface area contributed by atoms with E-state index in [0.717, 1.165) is 39.2 Å². The Morgan fingerprint density at radius 2 is 1.73 bits per heavy atom. The molecule has 1 aliphatic rings. The molecule has 0 saturated heterocycles. The second-order valence-electron chi connectivity index (χ2n) is 9.26. The number of aliphatic hydroxyl groups excluding tert-OH is 2. The number of rotatable bonds is 9. The molecule has 9 heteroatoms. The average molecular weight is 524 g/mol. The van der Waals surface area contributed by atoms with Gasteiger partial charge in [0.05, 0.1) is 19.5 Å². The molecule has 3 aromatic rings. The number of aliphatic hydroxyl groups is 2. The Kier molecular flexibility index (Phi) is 8.29. The van der Waals surface area contributed by atoms with Gasteiger partial charge in [-0.1, -0.05) is 30.3 Å². The van der Waals surface area contributed by atoms with E-state index in [1.807, 2.05) is 49.4 Å². The summed E-state index contributed by atoms with van der Waals surface area (Å²) in [4.78, 5) is 14.2. The van der Waals surface area contributed by atoms with Gasteiger partial charge in [-0.2, -0.15) is 4.31 Å². The number of benzene rings is 3. The first-order chi connectivity index (χ1) is 17.7. The summed E-state index contributed by atoms with van der Waals surface area (Å²) in [6.45, 7) is 2.89. The van der Waals surface area contributed by atoms with Crippen molar-refractivity contribution in [2.24, 2.45) is 0 Å². The first kappa shape index (κ1) is 26.8. The molecular formula is C28H33N3O5S. The third-order valence-corrected chi connectivity index (χ3v) is 7.94. The lowest BCUT2D eigenvalue weighted by Crippen LogP contribution is -2.35. The second kappa shape index (κ2) is 11.4. The van der Waals surface area contributed by atoms with Crippen molar-refractivity contribution in [3.8, 4) is 11.1 Å². The van der Waals surface area contributed by atoms with Gasteiger partial charge < -0.3 is 20.4 Å². The van der Waals surface area contributed by atoms with Crippen molar-refractivity contribution in [1.29, 1.82) is 0 Å². The third-order valence-electron chi connectivity index (χ3n) is 6.69. The Balaban J connectivity index is 1.56. The molecule has 3 aromatic carbocycles. The summed E-state index contributed by atoms with van der Waals surface area (Å²) in [5.41, 5.74) is 7.59. The van der Waals surface area contributed by atoms with Crippen molar-refractivity contribution in [2.45, 2.75) is 19.9 Å². The zero-order valence-corrected chi connectivity index (χ0v) is 22.0. The Hall–Kier alpha value is -3.24. The average Bonchev–Trinajstić information content (AvgIpc) is 2.89. The minimum atomic E-state index is -3.23. The van der Waals surface area contributed by atoms with Gasteiger partial charge in [0.1, 0.15) is 0 Å². The lowest BCUT2D eigenvalue weighted by molar-refractivity contribution is 0.0685. The van der Waals surface area contributed by atoms with Crippen molar-refractivity contribution >= 4 is 27.3 Å². The van der Waals surface area contributed by atoms with Crippen molar-refractivity contribution in [1.82, 2.24) is 9.21 Å². The summed E-state index contributed by atoms with van der Waals surface area (Å²) in [7, 11) is -3.23. The third kappa shape index (κ3) is 6.19. The maximum absolute atomic E-state index is 12.7. The molecule has 3 N–H and O–H groups in total. The van der Waals surface area contributed by atoms with E-state index in [1.165, 1.54) is 15.5 Å². The van der Waals surface area contributed by atoms with Gasteiger partial charge >= 0.3 is 0 Å². The number of sulfonamides is 1. The first-order valence-electron chi connectivity index (χ1n) is 12.3. The van der Waals surface area contributed by atoms with Crippen LogP contribution in [-0.4, -0.2) is 72.8 Å². The van der Waals surface area contributed by atoms with Crippen LogP contribution in [0.3, 0.4) is 0 Å². The van der Waals surface area contributed by atoms with Crippen molar-refractivity contribution in [2.75, 3.05) is 44.4 Å². The van der Waals surface area contributed by atoms with Gasteiger partial charge in [-0.05, 0) is 71.5 Å². The van der Waals surface area contributed by atoms with E-state index in [0.29, 0.717) is 25.1 Å². The normalized spacial score (nSPS) is 13.7. The van der Waals surface area contributed by atoms with Gasteiger partial charge in [0.15, 0.2) is 0 Å². The number of hydrogen-bond donors (Lipinski definition) is 3. The van der Waals surface area contributed by atoms with E-state index in [1.54, 1.807) is 12.1 Å². The monoisotopic (exact) mass is 523 g/mol. The van der Waals surface area contributed by atoms with Crippen LogP contribution in [0, 0.1) is 6.92 Å². The van der Waals surface area contributed by atoms with Crippen molar-refractivity contribution in [3.63, 3.8) is 0 Å². The molecule has 8 nitrogen and oxygen atoms in total. The van der Waals surface area contributed by atoms with Crippen LogP contribution in [0.5, 0.6) is 0 Å². The first-order valence-corrected chi connectivity index (χ1v) is 14.1. The van der Waals surface area contributed by atoms with Crippen LogP contribution in [0.1, 0.15) is 27.0 Å². The smallest absolute Gasteiger partial charge is 0.254 e. The number of fused-ring (bicyclic) bond motifs is 1. The fourth-order valence-electron chi connectivity index (χ4n) is 4.68. The van der Waals surface area contributed by atoms with Gasteiger partial charge in [0, 0.05) is 43.1 Å². The zero-order chi connectivity index (χ0) is 26.6. The van der Waals surface area contributed by atoms with Gasteiger partial charge in [-0.3, -0.25) is 4.79 Å². The molecule has 0 radical (unpaired) electrons. The molecule has 4 rings (SSSR count). The molecule has 196 valence electrons. The fourth-order valence-corrected chi connectivity index (χ4v) is 5.48. The largest absolute Gasteiger partial charge is 0.395 e. The summed E-state index contributed by atoms with van der Waals surface area (Å²) < 4.78 is 25.5. The number of nitrogens with one attached hydrogen (secondary N) is 1. The van der Waals surface area contributed by atoms with Crippen LogP contribution in [0.4, 0.5) is 11.4 Å². The predicted molar refractivity (Wildman–Crippen MR) is 145 cm³/mol. The molecule has 0 atom stereocenters. The molecule has 0 aliphatic carbocycles. The molecular weight excluding hydrogens is 490 g/mol. The maximum atomic E-state index is 12.7. The van der Waals surface area contributed by atoms with Gasteiger partial charge in [-0.25, -0.2) is 8.42 Å². The minimum absolute atomic E-state index is 0.163. The highest BCUT2D eigenvalue weighted by Gasteiger charge is 2.24. The van der Waals surface area contributed by atoms with E-state index in [4.69, 9.17) is 0 Å². The quantitative estimate of drug-likeness (QED) is 0.398. The zero-order valence-electron chi connectivity index (χ0n) is 21.1. The van der Waals surface area contributed by atoms with Gasteiger partial charge in [-0.15, -0.1) is 0 Å². The Morgan fingerprint density at radius 3 is 2.38 bits per heavy atom. The van der Waals surface area contributed by atoms with Gasteiger partial charge in [0.2, 0.25) is 10.0 Å². The van der Waals surface area contributed by atoms with E-state index in [2.05, 4.69) is 11.4 Å². The number of nitrogens with zero attached hydrogens (tertiary/aromatic N) is 2. The van der Waals surface area contributed by atoms with E-state index >= 15 is 0 Å². The molecule has 37 heavy (non-hydrogen) atoms. The van der Waals surface area contributed by atoms with Crippen LogP contribution >= 0.6 is 0 Å². The van der Waals surface area contributed by atoms with Crippen molar-refractivity contribution < 1.29 is 23.4 Å². The summed E-state index contributed by atoms with van der Waals surface area (Å²) in [6.07, 6.45) is 1.89. The Morgan fingerprint density at radius 1 is 1.03 bits per heavy atom. The van der Waals surface area contributed by atoms with E-state index < -0.39 is 10.0 Å². The number of aryl methyl sites for hydroxylation is 1. The minimum Gasteiger partial charge on any atom is -0.395 e. The summed E-state index contributed by atoms with van der Waals surface area (Å²) in [5.74, 6) is -0.231. The number of amides is 1. The number of carbonyl (C=O) groups is 1. The summed E-state index contributed by atoms with van der Waals surface area (Å²) in [5, 5.41) is 22.0. The van der Waals surface area contributed by atoms with Crippen molar-refractivity contribution in [3.05, 3.63) is 82.9 Å². The molecule has 0 fully saturated rings. The van der Waals surface area contributed by atoms with Crippen LogP contribution in [0.15, 0.2) is 60.7 Å². The van der Waals surface area contributed by atoms with Crippen LogP contribution in [0.25, 0.3) is 11.1 Å². The topological polar surface area (TPSA) is 110 Å². The highest BCUT2D eigenvalue weighted by atomic mass is 32.2. The predicted octanol–water partition coefficient (Wildman–Crippen LogP) is 3.15. The Labute approximate surface area is 218 Å².